The van der Waals surface area contributed by atoms with Gasteiger partial charge in [-0.1, -0.05) is 12.8 Å². The van der Waals surface area contributed by atoms with Crippen LogP contribution in [0.3, 0.4) is 0 Å². The van der Waals surface area contributed by atoms with Gasteiger partial charge in [0.05, 0.1) is 22.4 Å². The van der Waals surface area contributed by atoms with Crippen molar-refractivity contribution in [2.75, 3.05) is 26.2 Å². The molecule has 1 aliphatic carbocycles. The maximum absolute atomic E-state index is 12.9. The summed E-state index contributed by atoms with van der Waals surface area (Å²) >= 11 is 0. The van der Waals surface area contributed by atoms with Gasteiger partial charge in [0.15, 0.2) is 0 Å². The van der Waals surface area contributed by atoms with Crippen molar-refractivity contribution in [1.82, 2.24) is 19.8 Å². The molecule has 1 aliphatic heterocycles. The van der Waals surface area contributed by atoms with Gasteiger partial charge in [-0.3, -0.25) is 9.69 Å². The lowest BCUT2D eigenvalue weighted by Crippen LogP contribution is -2.51. The molecular formula is C20H26N4O. The first-order valence-corrected chi connectivity index (χ1v) is 9.40. The number of carbonyl (C=O) groups excluding carboxylic acids is 1. The average Bonchev–Trinajstić information content (AvgIpc) is 3.16. The van der Waals surface area contributed by atoms with Gasteiger partial charge >= 0.3 is 0 Å². The Hall–Kier alpha value is -2.01. The maximum Gasteiger partial charge on any atom is 0.254 e. The van der Waals surface area contributed by atoms with Crippen LogP contribution < -0.4 is 0 Å². The molecule has 1 aromatic heterocycles. The maximum atomic E-state index is 12.9. The van der Waals surface area contributed by atoms with Gasteiger partial charge in [0, 0.05) is 37.8 Å². The van der Waals surface area contributed by atoms with Crippen LogP contribution >= 0.6 is 0 Å². The number of aromatic nitrogens is 2. The number of amides is 1. The summed E-state index contributed by atoms with van der Waals surface area (Å²) in [5.74, 6) is 0.119. The number of aryl methyl sites for hydroxylation is 2. The van der Waals surface area contributed by atoms with Crippen molar-refractivity contribution in [1.29, 1.82) is 0 Å². The third kappa shape index (κ3) is 3.25. The van der Waals surface area contributed by atoms with E-state index < -0.39 is 0 Å². The highest BCUT2D eigenvalue weighted by Gasteiger charge is 2.28. The SMILES string of the molecule is Cc1nc2ccc(C(=O)N3CCN(C4CCCC4)CC3)cc2nc1C. The van der Waals surface area contributed by atoms with Gasteiger partial charge in [-0.25, -0.2) is 9.97 Å². The van der Waals surface area contributed by atoms with Crippen LogP contribution in [0.15, 0.2) is 18.2 Å². The Morgan fingerprint density at radius 3 is 2.28 bits per heavy atom. The van der Waals surface area contributed by atoms with Gasteiger partial charge in [-0.2, -0.15) is 0 Å². The summed E-state index contributed by atoms with van der Waals surface area (Å²) < 4.78 is 0. The second-order valence-electron chi connectivity index (χ2n) is 7.36. The highest BCUT2D eigenvalue weighted by Crippen LogP contribution is 2.25. The van der Waals surface area contributed by atoms with Gasteiger partial charge in [-0.15, -0.1) is 0 Å². The van der Waals surface area contributed by atoms with Crippen LogP contribution in [0.4, 0.5) is 0 Å². The van der Waals surface area contributed by atoms with Crippen molar-refractivity contribution in [3.8, 4) is 0 Å². The second-order valence-corrected chi connectivity index (χ2v) is 7.36. The van der Waals surface area contributed by atoms with E-state index in [4.69, 9.17) is 0 Å². The van der Waals surface area contributed by atoms with Crippen molar-refractivity contribution in [2.24, 2.45) is 0 Å². The normalized spacial score (nSPS) is 19.7. The molecule has 2 aromatic rings. The summed E-state index contributed by atoms with van der Waals surface area (Å²) in [4.78, 5) is 26.6. The van der Waals surface area contributed by atoms with Crippen molar-refractivity contribution in [3.63, 3.8) is 0 Å². The fourth-order valence-corrected chi connectivity index (χ4v) is 4.11. The van der Waals surface area contributed by atoms with Crippen LogP contribution in [0.2, 0.25) is 0 Å². The predicted molar refractivity (Wildman–Crippen MR) is 98.7 cm³/mol. The Labute approximate surface area is 149 Å². The topological polar surface area (TPSA) is 49.3 Å². The number of hydrogen-bond donors (Lipinski definition) is 0. The lowest BCUT2D eigenvalue weighted by Gasteiger charge is -2.38. The molecule has 1 saturated heterocycles. The van der Waals surface area contributed by atoms with Crippen LogP contribution in [0.1, 0.15) is 47.4 Å². The Bertz CT molecular complexity index is 790. The average molecular weight is 338 g/mol. The number of fused-ring (bicyclic) bond motifs is 1. The van der Waals surface area contributed by atoms with Crippen LogP contribution in [0, 0.1) is 13.8 Å². The first-order chi connectivity index (χ1) is 12.1. The fraction of sp³-hybridized carbons (Fsp3) is 0.550. The predicted octanol–water partition coefficient (Wildman–Crippen LogP) is 2.95. The highest BCUT2D eigenvalue weighted by atomic mass is 16.2. The minimum atomic E-state index is 0.119. The molecule has 1 aromatic carbocycles. The number of nitrogens with zero attached hydrogens (tertiary/aromatic N) is 4. The minimum absolute atomic E-state index is 0.119. The van der Waals surface area contributed by atoms with Gasteiger partial charge < -0.3 is 4.90 Å². The molecule has 1 amide bonds. The lowest BCUT2D eigenvalue weighted by molar-refractivity contribution is 0.0573. The molecule has 5 heteroatoms. The second kappa shape index (κ2) is 6.71. The third-order valence-electron chi connectivity index (χ3n) is 5.76. The zero-order chi connectivity index (χ0) is 17.4. The summed E-state index contributed by atoms with van der Waals surface area (Å²) in [5, 5.41) is 0. The van der Waals surface area contributed by atoms with E-state index in [0.29, 0.717) is 0 Å². The lowest BCUT2D eigenvalue weighted by atomic mass is 10.1. The number of carbonyl (C=O) groups is 1. The molecule has 132 valence electrons. The van der Waals surface area contributed by atoms with Crippen LogP contribution in [0.5, 0.6) is 0 Å². The van der Waals surface area contributed by atoms with E-state index in [-0.39, 0.29) is 5.91 Å². The van der Waals surface area contributed by atoms with Gasteiger partial charge in [-0.05, 0) is 44.9 Å². The first-order valence-electron chi connectivity index (χ1n) is 9.40. The van der Waals surface area contributed by atoms with Crippen LogP contribution in [-0.2, 0) is 0 Å². The highest BCUT2D eigenvalue weighted by molar-refractivity contribution is 5.97. The number of benzene rings is 1. The molecule has 0 spiro atoms. The molecule has 5 nitrogen and oxygen atoms in total. The number of rotatable bonds is 2. The molecule has 25 heavy (non-hydrogen) atoms. The quantitative estimate of drug-likeness (QED) is 0.845. The van der Waals surface area contributed by atoms with E-state index in [1.54, 1.807) is 0 Å². The van der Waals surface area contributed by atoms with E-state index in [0.717, 1.165) is 60.2 Å². The molecule has 0 N–H and O–H groups in total. The zero-order valence-electron chi connectivity index (χ0n) is 15.2. The molecule has 4 rings (SSSR count). The van der Waals surface area contributed by atoms with Gasteiger partial charge in [0.2, 0.25) is 0 Å². The molecule has 2 heterocycles. The largest absolute Gasteiger partial charge is 0.336 e. The summed E-state index contributed by atoms with van der Waals surface area (Å²) in [7, 11) is 0. The molecule has 0 radical (unpaired) electrons. The fourth-order valence-electron chi connectivity index (χ4n) is 4.11. The standard InChI is InChI=1S/C20H26N4O/c1-14-15(2)22-19-13-16(7-8-18(19)21-14)20(25)24-11-9-23(10-12-24)17-5-3-4-6-17/h7-8,13,17H,3-6,9-12H2,1-2H3. The summed E-state index contributed by atoms with van der Waals surface area (Å²) in [5.41, 5.74) is 4.24. The number of hydrogen-bond acceptors (Lipinski definition) is 4. The Balaban J connectivity index is 1.47. The van der Waals surface area contributed by atoms with Crippen molar-refractivity contribution >= 4 is 16.9 Å². The minimum Gasteiger partial charge on any atom is -0.336 e. The smallest absolute Gasteiger partial charge is 0.254 e. The summed E-state index contributed by atoms with van der Waals surface area (Å²) in [6, 6.07) is 6.44. The Kier molecular flexibility index (Phi) is 4.42. The van der Waals surface area contributed by atoms with E-state index in [2.05, 4.69) is 14.9 Å². The monoisotopic (exact) mass is 338 g/mol. The number of piperazine rings is 1. The van der Waals surface area contributed by atoms with E-state index in [1.165, 1.54) is 25.7 Å². The van der Waals surface area contributed by atoms with Gasteiger partial charge in [0.1, 0.15) is 0 Å². The molecule has 1 saturated carbocycles. The van der Waals surface area contributed by atoms with Crippen LogP contribution in [-0.4, -0.2) is 57.9 Å². The van der Waals surface area contributed by atoms with Gasteiger partial charge in [0.25, 0.3) is 5.91 Å². The van der Waals surface area contributed by atoms with Crippen molar-refractivity contribution in [3.05, 3.63) is 35.2 Å². The van der Waals surface area contributed by atoms with Crippen LogP contribution in [0.25, 0.3) is 11.0 Å². The molecule has 2 fully saturated rings. The Morgan fingerprint density at radius 1 is 0.960 bits per heavy atom. The molecule has 0 atom stereocenters. The summed E-state index contributed by atoms with van der Waals surface area (Å²) in [6.07, 6.45) is 5.38. The third-order valence-corrected chi connectivity index (χ3v) is 5.76. The Morgan fingerprint density at radius 2 is 1.60 bits per heavy atom. The molecule has 0 unspecified atom stereocenters. The van der Waals surface area contributed by atoms with E-state index in [1.807, 2.05) is 36.9 Å². The van der Waals surface area contributed by atoms with Crippen molar-refractivity contribution < 1.29 is 4.79 Å². The molecule has 0 bridgehead atoms. The molecular weight excluding hydrogens is 312 g/mol. The zero-order valence-corrected chi connectivity index (χ0v) is 15.2. The summed E-state index contributed by atoms with van der Waals surface area (Å²) in [6.45, 7) is 7.57. The van der Waals surface area contributed by atoms with E-state index >= 15 is 0 Å². The van der Waals surface area contributed by atoms with E-state index in [9.17, 15) is 4.79 Å². The van der Waals surface area contributed by atoms with Crippen molar-refractivity contribution in [2.45, 2.75) is 45.6 Å². The molecule has 2 aliphatic rings. The first kappa shape index (κ1) is 16.5.